The molecule has 0 fully saturated rings. The zero-order valence-electron chi connectivity index (χ0n) is 16.7. The maximum Gasteiger partial charge on any atom is 0.262 e. The van der Waals surface area contributed by atoms with Crippen molar-refractivity contribution in [3.63, 3.8) is 0 Å². The summed E-state index contributed by atoms with van der Waals surface area (Å²) < 4.78 is 11.3. The number of carbonyl (C=O) groups is 1. The first kappa shape index (κ1) is 20.7. The average molecular weight is 398 g/mol. The first-order valence-electron chi connectivity index (χ1n) is 9.48. The van der Waals surface area contributed by atoms with Gasteiger partial charge in [-0.2, -0.15) is 5.26 Å². The number of methoxy groups -OCH3 is 1. The highest BCUT2D eigenvalue weighted by Gasteiger charge is 2.11. The highest BCUT2D eigenvalue weighted by atomic mass is 16.5. The molecule has 3 aromatic rings. The van der Waals surface area contributed by atoms with Crippen molar-refractivity contribution in [2.24, 2.45) is 0 Å². The van der Waals surface area contributed by atoms with Crippen molar-refractivity contribution in [3.8, 4) is 17.6 Å². The van der Waals surface area contributed by atoms with E-state index in [1.54, 1.807) is 25.3 Å². The number of amides is 1. The van der Waals surface area contributed by atoms with Crippen molar-refractivity contribution in [2.45, 2.75) is 13.2 Å². The lowest BCUT2D eigenvalue weighted by molar-refractivity contribution is -0.117. The third-order valence-corrected chi connectivity index (χ3v) is 4.40. The van der Waals surface area contributed by atoms with Crippen molar-refractivity contribution in [3.05, 3.63) is 101 Å². The maximum atomic E-state index is 12.4. The van der Waals surface area contributed by atoms with Crippen LogP contribution in [0.1, 0.15) is 16.7 Å². The minimum absolute atomic E-state index is 0.0194. The summed E-state index contributed by atoms with van der Waals surface area (Å²) in [4.78, 5) is 12.4. The van der Waals surface area contributed by atoms with Gasteiger partial charge in [0.05, 0.1) is 7.11 Å². The molecule has 0 aliphatic carbocycles. The van der Waals surface area contributed by atoms with Crippen LogP contribution in [0.2, 0.25) is 0 Å². The molecule has 0 aliphatic rings. The number of rotatable bonds is 8. The number of hydrogen-bond acceptors (Lipinski definition) is 4. The Morgan fingerprint density at radius 3 is 2.27 bits per heavy atom. The Morgan fingerprint density at radius 1 is 0.967 bits per heavy atom. The monoisotopic (exact) mass is 398 g/mol. The Labute approximate surface area is 176 Å². The van der Waals surface area contributed by atoms with Crippen LogP contribution in [0.3, 0.4) is 0 Å². The summed E-state index contributed by atoms with van der Waals surface area (Å²) in [6.07, 6.45) is 1.53. The van der Waals surface area contributed by atoms with Crippen LogP contribution in [-0.2, 0) is 17.9 Å². The van der Waals surface area contributed by atoms with E-state index in [1.807, 2.05) is 66.7 Å². The molecular formula is C25H22N2O3. The number of benzene rings is 3. The largest absolute Gasteiger partial charge is 0.493 e. The summed E-state index contributed by atoms with van der Waals surface area (Å²) in [5.41, 5.74) is 2.70. The molecule has 150 valence electrons. The van der Waals surface area contributed by atoms with E-state index in [0.717, 1.165) is 11.1 Å². The lowest BCUT2D eigenvalue weighted by atomic mass is 10.1. The second kappa shape index (κ2) is 10.5. The quantitative estimate of drug-likeness (QED) is 0.448. The third-order valence-electron chi connectivity index (χ3n) is 4.40. The average Bonchev–Trinajstić information content (AvgIpc) is 2.81. The zero-order valence-corrected chi connectivity index (χ0v) is 16.7. The number of nitriles is 1. The highest BCUT2D eigenvalue weighted by molar-refractivity contribution is 6.01. The molecular weight excluding hydrogens is 376 g/mol. The summed E-state index contributed by atoms with van der Waals surface area (Å²) >= 11 is 0. The zero-order chi connectivity index (χ0) is 21.2. The van der Waals surface area contributed by atoms with Crippen LogP contribution < -0.4 is 14.8 Å². The van der Waals surface area contributed by atoms with Gasteiger partial charge in [0.25, 0.3) is 5.91 Å². The molecule has 0 aromatic heterocycles. The van der Waals surface area contributed by atoms with Gasteiger partial charge in [-0.15, -0.1) is 0 Å². The molecule has 1 amide bonds. The summed E-state index contributed by atoms with van der Waals surface area (Å²) in [6, 6.07) is 26.6. The molecule has 0 atom stereocenters. The molecule has 0 unspecified atom stereocenters. The van der Waals surface area contributed by atoms with Gasteiger partial charge >= 0.3 is 0 Å². The smallest absolute Gasteiger partial charge is 0.262 e. The number of ether oxygens (including phenoxy) is 2. The van der Waals surface area contributed by atoms with Crippen molar-refractivity contribution in [2.75, 3.05) is 7.11 Å². The molecule has 0 aliphatic heterocycles. The Hall–Kier alpha value is -4.04. The predicted molar refractivity (Wildman–Crippen MR) is 116 cm³/mol. The van der Waals surface area contributed by atoms with Gasteiger partial charge in [-0.05, 0) is 34.9 Å². The Balaban J connectivity index is 1.69. The Kier molecular flexibility index (Phi) is 7.23. The fourth-order valence-corrected chi connectivity index (χ4v) is 2.82. The van der Waals surface area contributed by atoms with Crippen LogP contribution in [0.5, 0.6) is 11.5 Å². The number of nitrogens with zero attached hydrogens (tertiary/aromatic N) is 1. The van der Waals surface area contributed by atoms with Gasteiger partial charge in [-0.1, -0.05) is 66.7 Å². The second-order valence-electron chi connectivity index (χ2n) is 6.52. The van der Waals surface area contributed by atoms with Gasteiger partial charge in [0.2, 0.25) is 0 Å². The predicted octanol–water partition coefficient (Wildman–Crippen LogP) is 4.50. The summed E-state index contributed by atoms with van der Waals surface area (Å²) in [5, 5.41) is 12.2. The van der Waals surface area contributed by atoms with Crippen molar-refractivity contribution in [1.29, 1.82) is 5.26 Å². The van der Waals surface area contributed by atoms with Crippen LogP contribution >= 0.6 is 0 Å². The van der Waals surface area contributed by atoms with Gasteiger partial charge in [0, 0.05) is 6.54 Å². The van der Waals surface area contributed by atoms with E-state index in [1.165, 1.54) is 6.08 Å². The topological polar surface area (TPSA) is 71.3 Å². The first-order valence-corrected chi connectivity index (χ1v) is 9.48. The number of nitrogens with one attached hydrogen (secondary N) is 1. The van der Waals surface area contributed by atoms with Gasteiger partial charge in [-0.25, -0.2) is 0 Å². The van der Waals surface area contributed by atoms with Crippen LogP contribution in [0, 0.1) is 11.3 Å². The molecule has 0 heterocycles. The lowest BCUT2D eigenvalue weighted by Crippen LogP contribution is -2.23. The van der Waals surface area contributed by atoms with Crippen molar-refractivity contribution < 1.29 is 14.3 Å². The molecule has 5 nitrogen and oxygen atoms in total. The number of hydrogen-bond donors (Lipinski definition) is 1. The lowest BCUT2D eigenvalue weighted by Gasteiger charge is -2.11. The minimum atomic E-state index is -0.426. The Morgan fingerprint density at radius 2 is 1.63 bits per heavy atom. The van der Waals surface area contributed by atoms with Crippen molar-refractivity contribution >= 4 is 12.0 Å². The molecule has 3 aromatic carbocycles. The molecule has 0 bridgehead atoms. The van der Waals surface area contributed by atoms with E-state index in [2.05, 4.69) is 5.32 Å². The fraction of sp³-hybridized carbons (Fsp3) is 0.120. The van der Waals surface area contributed by atoms with Crippen LogP contribution in [-0.4, -0.2) is 13.0 Å². The van der Waals surface area contributed by atoms with E-state index < -0.39 is 5.91 Å². The van der Waals surface area contributed by atoms with E-state index in [4.69, 9.17) is 9.47 Å². The normalized spacial score (nSPS) is 10.7. The first-order chi connectivity index (χ1) is 14.7. The SMILES string of the molecule is COc1cc(C=C(C#N)C(=O)NCc2ccccc2)ccc1OCc1ccccc1. The molecule has 0 spiro atoms. The molecule has 0 radical (unpaired) electrons. The summed E-state index contributed by atoms with van der Waals surface area (Å²) in [5.74, 6) is 0.692. The van der Waals surface area contributed by atoms with Gasteiger partial charge < -0.3 is 14.8 Å². The number of carbonyl (C=O) groups excluding carboxylic acids is 1. The van der Waals surface area contributed by atoms with Crippen molar-refractivity contribution in [1.82, 2.24) is 5.32 Å². The van der Waals surface area contributed by atoms with Crippen LogP contribution in [0.15, 0.2) is 84.4 Å². The molecule has 0 saturated carbocycles. The van der Waals surface area contributed by atoms with Gasteiger partial charge in [0.15, 0.2) is 11.5 Å². The maximum absolute atomic E-state index is 12.4. The molecule has 30 heavy (non-hydrogen) atoms. The summed E-state index contributed by atoms with van der Waals surface area (Å²) in [7, 11) is 1.55. The second-order valence-corrected chi connectivity index (χ2v) is 6.52. The Bertz CT molecular complexity index is 1050. The highest BCUT2D eigenvalue weighted by Crippen LogP contribution is 2.29. The van der Waals surface area contributed by atoms with Crippen LogP contribution in [0.4, 0.5) is 0 Å². The standard InChI is InChI=1S/C25H22N2O3/c1-29-24-15-21(12-13-23(24)30-18-20-10-6-3-7-11-20)14-22(16-26)25(28)27-17-19-8-4-2-5-9-19/h2-15H,17-18H2,1H3,(H,27,28). The third kappa shape index (κ3) is 5.73. The van der Waals surface area contributed by atoms with E-state index >= 15 is 0 Å². The minimum Gasteiger partial charge on any atom is -0.493 e. The van der Waals surface area contributed by atoms with E-state index in [-0.39, 0.29) is 5.57 Å². The molecule has 1 N–H and O–H groups in total. The fourth-order valence-electron chi connectivity index (χ4n) is 2.82. The molecule has 3 rings (SSSR count). The van der Waals surface area contributed by atoms with Gasteiger partial charge in [0.1, 0.15) is 18.2 Å². The van der Waals surface area contributed by atoms with Gasteiger partial charge in [-0.3, -0.25) is 4.79 Å². The van der Waals surface area contributed by atoms with E-state index in [0.29, 0.717) is 30.2 Å². The van der Waals surface area contributed by atoms with Crippen LogP contribution in [0.25, 0.3) is 6.08 Å². The molecule has 0 saturated heterocycles. The molecule has 5 heteroatoms. The van der Waals surface area contributed by atoms with E-state index in [9.17, 15) is 10.1 Å². The summed E-state index contributed by atoms with van der Waals surface area (Å²) in [6.45, 7) is 0.770.